The highest BCUT2D eigenvalue weighted by Gasteiger charge is 2.33. The van der Waals surface area contributed by atoms with E-state index in [1.165, 1.54) is 55.9 Å². The molecule has 2 amide bonds. The van der Waals surface area contributed by atoms with Gasteiger partial charge in [-0.1, -0.05) is 30.3 Å². The van der Waals surface area contributed by atoms with Gasteiger partial charge in [-0.05, 0) is 53.9 Å². The summed E-state index contributed by atoms with van der Waals surface area (Å²) in [4.78, 5) is 47.8. The van der Waals surface area contributed by atoms with E-state index in [2.05, 4.69) is 35.9 Å². The van der Waals surface area contributed by atoms with Crippen molar-refractivity contribution in [2.75, 3.05) is 24.9 Å². The highest BCUT2D eigenvalue weighted by atomic mass is 19.4. The average Bonchev–Trinajstić information content (AvgIpc) is 3.58. The van der Waals surface area contributed by atoms with Crippen LogP contribution in [0.5, 0.6) is 11.5 Å². The summed E-state index contributed by atoms with van der Waals surface area (Å²) in [7, 11) is 2.56. The Morgan fingerprint density at radius 2 is 1.52 bits per heavy atom. The lowest BCUT2D eigenvalue weighted by Gasteiger charge is -2.15. The third-order valence-electron chi connectivity index (χ3n) is 7.56. The zero-order valence-corrected chi connectivity index (χ0v) is 27.0. The van der Waals surface area contributed by atoms with Crippen LogP contribution in [-0.2, 0) is 10.9 Å². The standard InChI is InChI=1S/C35H25F3N8O6/c1-51-27-11-6-5-10-26(27)43-32(49)22-17-20-16-19(31(48)42-25-9-4-3-8-24(25)35(36,37)38)12-13-21(20)28(29(22)47)44-45-30-23(33(50)52-2)18-41-46(30)34-39-14-7-15-40-34/h3-18,47H,1-2H3,(H,42,48)(H,43,49)/b45-44+. The molecule has 0 saturated carbocycles. The number of benzene rings is 4. The third kappa shape index (κ3) is 6.95. The number of rotatable bonds is 9. The second-order valence-corrected chi connectivity index (χ2v) is 10.7. The van der Waals surface area contributed by atoms with E-state index < -0.39 is 41.0 Å². The largest absolute Gasteiger partial charge is 0.505 e. The second kappa shape index (κ2) is 14.4. The quantitative estimate of drug-likeness (QED) is 0.103. The van der Waals surface area contributed by atoms with Gasteiger partial charge in [-0.3, -0.25) is 9.59 Å². The number of nitrogens with zero attached hydrogens (tertiary/aromatic N) is 6. The van der Waals surface area contributed by atoms with Gasteiger partial charge in [-0.25, -0.2) is 14.8 Å². The van der Waals surface area contributed by atoms with Crippen LogP contribution in [0.15, 0.2) is 108 Å². The van der Waals surface area contributed by atoms with Crippen LogP contribution in [0.3, 0.4) is 0 Å². The van der Waals surface area contributed by atoms with Gasteiger partial charge in [0, 0.05) is 23.3 Å². The molecule has 52 heavy (non-hydrogen) atoms. The van der Waals surface area contributed by atoms with Gasteiger partial charge < -0.3 is 25.2 Å². The van der Waals surface area contributed by atoms with Gasteiger partial charge in [0.15, 0.2) is 11.6 Å². The zero-order valence-electron chi connectivity index (χ0n) is 27.0. The molecule has 3 N–H and O–H groups in total. The molecule has 6 rings (SSSR count). The van der Waals surface area contributed by atoms with Gasteiger partial charge >= 0.3 is 12.1 Å². The number of phenols is 1. The summed E-state index contributed by atoms with van der Waals surface area (Å²) in [5.41, 5.74) is -2.04. The number of aromatic hydroxyl groups is 1. The number of ether oxygens (including phenoxy) is 2. The number of nitrogens with one attached hydrogen (secondary N) is 2. The monoisotopic (exact) mass is 710 g/mol. The van der Waals surface area contributed by atoms with Crippen molar-refractivity contribution in [3.8, 4) is 17.4 Å². The summed E-state index contributed by atoms with van der Waals surface area (Å²) in [6, 6.07) is 17.8. The van der Waals surface area contributed by atoms with Gasteiger partial charge in [0.2, 0.25) is 0 Å². The molecule has 2 aromatic heterocycles. The van der Waals surface area contributed by atoms with Crippen molar-refractivity contribution < 1.29 is 42.1 Å². The maximum absolute atomic E-state index is 13.7. The SMILES string of the molecule is COC(=O)c1cnn(-c2ncccn2)c1/N=N/c1c(O)c(C(=O)Nc2ccccc2OC)cc2cc(C(=O)Nc3ccccc3C(F)(F)F)ccc12. The Morgan fingerprint density at radius 3 is 2.23 bits per heavy atom. The summed E-state index contributed by atoms with van der Waals surface area (Å²) in [6.07, 6.45) is -0.708. The molecule has 0 spiro atoms. The van der Waals surface area contributed by atoms with Crippen LogP contribution < -0.4 is 15.4 Å². The van der Waals surface area contributed by atoms with E-state index in [-0.39, 0.29) is 50.6 Å². The van der Waals surface area contributed by atoms with Crippen molar-refractivity contribution in [2.45, 2.75) is 6.18 Å². The Bertz CT molecular complexity index is 2360. The molecule has 262 valence electrons. The number of amides is 2. The fraction of sp³-hybridized carbons (Fsp3) is 0.0857. The fourth-order valence-corrected chi connectivity index (χ4v) is 5.10. The van der Waals surface area contributed by atoms with Crippen LogP contribution in [0.2, 0.25) is 0 Å². The van der Waals surface area contributed by atoms with Crippen LogP contribution in [-0.4, -0.2) is 56.9 Å². The molecule has 0 bridgehead atoms. The first-order valence-corrected chi connectivity index (χ1v) is 15.1. The Labute approximate surface area is 291 Å². The lowest BCUT2D eigenvalue weighted by atomic mass is 10.00. The minimum Gasteiger partial charge on any atom is -0.505 e. The number of esters is 1. The number of methoxy groups -OCH3 is 2. The van der Waals surface area contributed by atoms with Crippen LogP contribution in [0.25, 0.3) is 16.7 Å². The molecule has 0 saturated heterocycles. The van der Waals surface area contributed by atoms with Crippen molar-refractivity contribution in [1.29, 1.82) is 0 Å². The fourth-order valence-electron chi connectivity index (χ4n) is 5.10. The molecular formula is C35H25F3N8O6. The van der Waals surface area contributed by atoms with E-state index in [1.54, 1.807) is 30.3 Å². The predicted octanol–water partition coefficient (Wildman–Crippen LogP) is 7.26. The highest BCUT2D eigenvalue weighted by Crippen LogP contribution is 2.41. The number of carbonyl (C=O) groups is 3. The average molecular weight is 711 g/mol. The predicted molar refractivity (Wildman–Crippen MR) is 181 cm³/mol. The minimum atomic E-state index is -4.73. The van der Waals surface area contributed by atoms with Crippen LogP contribution in [0, 0.1) is 0 Å². The van der Waals surface area contributed by atoms with E-state index in [0.717, 1.165) is 30.1 Å². The summed E-state index contributed by atoms with van der Waals surface area (Å²) < 4.78 is 52.1. The number of hydrogen-bond donors (Lipinski definition) is 3. The highest BCUT2D eigenvalue weighted by molar-refractivity contribution is 6.14. The molecule has 17 heteroatoms. The van der Waals surface area contributed by atoms with Crippen molar-refractivity contribution in [1.82, 2.24) is 19.7 Å². The van der Waals surface area contributed by atoms with Gasteiger partial charge in [-0.15, -0.1) is 10.2 Å². The van der Waals surface area contributed by atoms with Gasteiger partial charge in [0.05, 0.1) is 42.9 Å². The number of fused-ring (bicyclic) bond motifs is 1. The first kappa shape index (κ1) is 34.7. The molecule has 2 heterocycles. The number of anilines is 2. The number of halogens is 3. The lowest BCUT2D eigenvalue weighted by Crippen LogP contribution is -2.16. The van der Waals surface area contributed by atoms with Gasteiger partial charge in [-0.2, -0.15) is 23.0 Å². The van der Waals surface area contributed by atoms with E-state index in [0.29, 0.717) is 5.75 Å². The molecule has 0 atom stereocenters. The molecule has 0 aliphatic heterocycles. The van der Waals surface area contributed by atoms with Crippen LogP contribution in [0.4, 0.5) is 36.1 Å². The Hall–Kier alpha value is -7.17. The summed E-state index contributed by atoms with van der Waals surface area (Å²) in [5.74, 6) is -3.00. The number of carbonyl (C=O) groups excluding carboxylic acids is 3. The molecular weight excluding hydrogens is 685 g/mol. The molecule has 0 unspecified atom stereocenters. The van der Waals surface area contributed by atoms with Gasteiger partial charge in [0.25, 0.3) is 17.8 Å². The Kier molecular flexibility index (Phi) is 9.58. The maximum Gasteiger partial charge on any atom is 0.418 e. The van der Waals surface area contributed by atoms with Crippen LogP contribution in [0.1, 0.15) is 36.6 Å². The van der Waals surface area contributed by atoms with E-state index >= 15 is 0 Å². The second-order valence-electron chi connectivity index (χ2n) is 10.7. The summed E-state index contributed by atoms with van der Waals surface area (Å²) in [6.45, 7) is 0. The first-order valence-electron chi connectivity index (χ1n) is 15.1. The van der Waals surface area contributed by atoms with Crippen molar-refractivity contribution in [3.63, 3.8) is 0 Å². The molecule has 4 aromatic carbocycles. The molecule has 6 aromatic rings. The number of aromatic nitrogens is 4. The number of phenolic OH excluding ortho intramolecular Hbond substituents is 1. The lowest BCUT2D eigenvalue weighted by molar-refractivity contribution is -0.136. The number of alkyl halides is 3. The molecule has 0 fully saturated rings. The summed E-state index contributed by atoms with van der Waals surface area (Å²) in [5, 5.41) is 29.3. The zero-order chi connectivity index (χ0) is 37.0. The van der Waals surface area contributed by atoms with E-state index in [9.17, 15) is 32.7 Å². The first-order chi connectivity index (χ1) is 25.0. The number of para-hydroxylation sites is 3. The maximum atomic E-state index is 13.7. The van der Waals surface area contributed by atoms with Crippen molar-refractivity contribution >= 4 is 51.4 Å². The topological polar surface area (TPSA) is 182 Å². The summed E-state index contributed by atoms with van der Waals surface area (Å²) >= 11 is 0. The number of azo groups is 1. The molecule has 14 nitrogen and oxygen atoms in total. The number of hydrogen-bond acceptors (Lipinski definition) is 11. The van der Waals surface area contributed by atoms with Crippen molar-refractivity contribution in [2.24, 2.45) is 10.2 Å². The van der Waals surface area contributed by atoms with Crippen molar-refractivity contribution in [3.05, 3.63) is 120 Å². The molecule has 0 aliphatic carbocycles. The van der Waals surface area contributed by atoms with E-state index in [4.69, 9.17) is 9.47 Å². The third-order valence-corrected chi connectivity index (χ3v) is 7.56. The van der Waals surface area contributed by atoms with Crippen LogP contribution >= 0.6 is 0 Å². The Morgan fingerprint density at radius 1 is 0.827 bits per heavy atom. The molecule has 0 radical (unpaired) electrons. The molecule has 0 aliphatic rings. The Balaban J connectivity index is 1.48. The van der Waals surface area contributed by atoms with E-state index in [1.807, 2.05) is 0 Å². The normalized spacial score (nSPS) is 11.4. The minimum absolute atomic E-state index is 0.0216. The smallest absolute Gasteiger partial charge is 0.418 e. The van der Waals surface area contributed by atoms with Gasteiger partial charge in [0.1, 0.15) is 17.0 Å².